The Morgan fingerprint density at radius 3 is 2.64 bits per heavy atom. The Morgan fingerprint density at radius 1 is 1.28 bits per heavy atom. The summed E-state index contributed by atoms with van der Waals surface area (Å²) in [5, 5.41) is 5.45. The molecule has 1 aromatic carbocycles. The van der Waals surface area contributed by atoms with E-state index < -0.39 is 0 Å². The number of rotatable bonds is 7. The van der Waals surface area contributed by atoms with Crippen molar-refractivity contribution in [3.05, 3.63) is 45.2 Å². The van der Waals surface area contributed by atoms with Crippen LogP contribution < -0.4 is 4.74 Å². The number of aryl methyl sites for hydroxylation is 1. The van der Waals surface area contributed by atoms with Gasteiger partial charge < -0.3 is 4.74 Å². The molecule has 0 aliphatic heterocycles. The van der Waals surface area contributed by atoms with Crippen LogP contribution in [0.15, 0.2) is 18.2 Å². The summed E-state index contributed by atoms with van der Waals surface area (Å²) in [5.41, 5.74) is 3.05. The van der Waals surface area contributed by atoms with E-state index in [4.69, 9.17) is 27.9 Å². The van der Waals surface area contributed by atoms with Crippen molar-refractivity contribution in [3.8, 4) is 5.75 Å². The van der Waals surface area contributed by atoms with Gasteiger partial charge in [-0.25, -0.2) is 4.68 Å². The second-order valence-corrected chi connectivity index (χ2v) is 7.42. The Hall–Kier alpha value is -1.52. The summed E-state index contributed by atoms with van der Waals surface area (Å²) in [5.74, 6) is 1.09. The average Bonchev–Trinajstić information content (AvgIpc) is 2.81. The molecule has 0 aliphatic carbocycles. The number of hydrogen-bond acceptors (Lipinski definition) is 3. The Bertz CT molecular complexity index is 754. The lowest BCUT2D eigenvalue weighted by atomic mass is 10.0. The third kappa shape index (κ3) is 5.23. The van der Waals surface area contributed by atoms with E-state index in [2.05, 4.69) is 18.9 Å². The zero-order valence-electron chi connectivity index (χ0n) is 15.1. The molecule has 0 radical (unpaired) electrons. The van der Waals surface area contributed by atoms with Gasteiger partial charge in [0.1, 0.15) is 5.75 Å². The van der Waals surface area contributed by atoms with Crippen LogP contribution in [0.1, 0.15) is 48.4 Å². The highest BCUT2D eigenvalue weighted by molar-refractivity contribution is 6.35. The Balaban J connectivity index is 1.90. The first-order valence-electron chi connectivity index (χ1n) is 8.45. The summed E-state index contributed by atoms with van der Waals surface area (Å²) in [6.45, 7) is 8.65. The fourth-order valence-electron chi connectivity index (χ4n) is 2.73. The first kappa shape index (κ1) is 19.8. The molecule has 136 valence electrons. The summed E-state index contributed by atoms with van der Waals surface area (Å²) in [7, 11) is 0. The molecule has 1 heterocycles. The molecule has 0 unspecified atom stereocenters. The van der Waals surface area contributed by atoms with E-state index in [1.54, 1.807) is 18.2 Å². The molecule has 0 saturated heterocycles. The summed E-state index contributed by atoms with van der Waals surface area (Å²) >= 11 is 11.9. The third-order valence-electron chi connectivity index (χ3n) is 3.98. The van der Waals surface area contributed by atoms with Crippen LogP contribution in [0.2, 0.25) is 10.0 Å². The van der Waals surface area contributed by atoms with E-state index in [0.717, 1.165) is 17.8 Å². The van der Waals surface area contributed by atoms with Crippen LogP contribution in [0, 0.1) is 19.8 Å². The maximum atomic E-state index is 12.4. The molecule has 0 amide bonds. The number of hydrogen-bond donors (Lipinski definition) is 0. The van der Waals surface area contributed by atoms with Gasteiger partial charge in [-0.3, -0.25) is 4.79 Å². The summed E-state index contributed by atoms with van der Waals surface area (Å²) in [4.78, 5) is 12.4. The number of aromatic nitrogens is 2. The van der Waals surface area contributed by atoms with Gasteiger partial charge in [0.25, 0.3) is 0 Å². The smallest absolute Gasteiger partial charge is 0.247 e. The summed E-state index contributed by atoms with van der Waals surface area (Å²) in [6.07, 6.45) is 1.90. The standard InChI is InChI=1S/C19H24Cl2N2O2/c1-12(2)10-16-13(3)22-23(14(16)4)19(24)6-5-9-25-18-8-7-15(20)11-17(18)21/h7-8,11-12H,5-6,9-10H2,1-4H3. The predicted octanol–water partition coefficient (Wildman–Crippen LogP) is 5.50. The van der Waals surface area contributed by atoms with E-state index in [1.807, 2.05) is 13.8 Å². The number of nitrogens with zero attached hydrogens (tertiary/aromatic N) is 2. The second kappa shape index (κ2) is 8.72. The van der Waals surface area contributed by atoms with E-state index in [9.17, 15) is 4.79 Å². The van der Waals surface area contributed by atoms with E-state index in [-0.39, 0.29) is 5.91 Å². The maximum Gasteiger partial charge on any atom is 0.247 e. The number of halogens is 2. The minimum absolute atomic E-state index is 0.0126. The second-order valence-electron chi connectivity index (χ2n) is 6.58. The number of carbonyl (C=O) groups is 1. The van der Waals surface area contributed by atoms with Gasteiger partial charge in [0, 0.05) is 17.1 Å². The molecule has 4 nitrogen and oxygen atoms in total. The monoisotopic (exact) mass is 382 g/mol. The highest BCUT2D eigenvalue weighted by atomic mass is 35.5. The third-order valence-corrected chi connectivity index (χ3v) is 4.51. The lowest BCUT2D eigenvalue weighted by Gasteiger charge is -2.09. The lowest BCUT2D eigenvalue weighted by molar-refractivity contribution is 0.0874. The molecule has 2 aromatic rings. The van der Waals surface area contributed by atoms with Gasteiger partial charge in [-0.2, -0.15) is 5.10 Å². The maximum absolute atomic E-state index is 12.4. The lowest BCUT2D eigenvalue weighted by Crippen LogP contribution is -2.15. The fraction of sp³-hybridized carbons (Fsp3) is 0.474. The molecule has 0 N–H and O–H groups in total. The van der Waals surface area contributed by atoms with Gasteiger partial charge in [-0.15, -0.1) is 0 Å². The van der Waals surface area contributed by atoms with E-state index in [1.165, 1.54) is 10.2 Å². The van der Waals surface area contributed by atoms with Crippen molar-refractivity contribution in [1.29, 1.82) is 0 Å². The van der Waals surface area contributed by atoms with Crippen molar-refractivity contribution in [2.45, 2.75) is 47.0 Å². The average molecular weight is 383 g/mol. The number of ether oxygens (including phenoxy) is 1. The quantitative estimate of drug-likeness (QED) is 0.593. The number of benzene rings is 1. The van der Waals surface area contributed by atoms with Gasteiger partial charge in [0.05, 0.1) is 17.3 Å². The van der Waals surface area contributed by atoms with Crippen LogP contribution in [0.25, 0.3) is 0 Å². The van der Waals surface area contributed by atoms with Crippen LogP contribution in [0.4, 0.5) is 0 Å². The molecule has 6 heteroatoms. The van der Waals surface area contributed by atoms with Gasteiger partial charge in [0.15, 0.2) is 0 Å². The van der Waals surface area contributed by atoms with Crippen molar-refractivity contribution in [2.24, 2.45) is 5.92 Å². The molecule has 0 bridgehead atoms. The van der Waals surface area contributed by atoms with Gasteiger partial charge in [-0.05, 0) is 56.4 Å². The summed E-state index contributed by atoms with van der Waals surface area (Å²) in [6, 6.07) is 5.08. The van der Waals surface area contributed by atoms with Crippen LogP contribution in [0.5, 0.6) is 5.75 Å². The van der Waals surface area contributed by atoms with Crippen molar-refractivity contribution >= 4 is 29.1 Å². The van der Waals surface area contributed by atoms with Crippen LogP contribution in [-0.2, 0) is 6.42 Å². The molecule has 2 rings (SSSR count). The summed E-state index contributed by atoms with van der Waals surface area (Å²) < 4.78 is 7.15. The molecular formula is C19H24Cl2N2O2. The normalized spacial score (nSPS) is 11.2. The largest absolute Gasteiger partial charge is 0.492 e. The highest BCUT2D eigenvalue weighted by Gasteiger charge is 2.17. The minimum atomic E-state index is -0.0126. The molecule has 25 heavy (non-hydrogen) atoms. The van der Waals surface area contributed by atoms with Crippen molar-refractivity contribution in [3.63, 3.8) is 0 Å². The molecule has 0 atom stereocenters. The van der Waals surface area contributed by atoms with Crippen molar-refractivity contribution in [2.75, 3.05) is 6.61 Å². The Labute approximate surface area is 159 Å². The van der Waals surface area contributed by atoms with Crippen molar-refractivity contribution < 1.29 is 9.53 Å². The zero-order chi connectivity index (χ0) is 18.6. The first-order valence-corrected chi connectivity index (χ1v) is 9.21. The highest BCUT2D eigenvalue weighted by Crippen LogP contribution is 2.27. The van der Waals surface area contributed by atoms with E-state index in [0.29, 0.717) is 41.2 Å². The van der Waals surface area contributed by atoms with Gasteiger partial charge >= 0.3 is 0 Å². The molecular weight excluding hydrogens is 359 g/mol. The Morgan fingerprint density at radius 2 is 2.00 bits per heavy atom. The molecule has 1 aromatic heterocycles. The van der Waals surface area contributed by atoms with Crippen LogP contribution in [-0.4, -0.2) is 22.3 Å². The molecule has 0 spiro atoms. The SMILES string of the molecule is Cc1nn(C(=O)CCCOc2ccc(Cl)cc2Cl)c(C)c1CC(C)C. The minimum Gasteiger partial charge on any atom is -0.492 e. The predicted molar refractivity (Wildman–Crippen MR) is 102 cm³/mol. The van der Waals surface area contributed by atoms with Crippen LogP contribution >= 0.6 is 23.2 Å². The molecule has 0 saturated carbocycles. The topological polar surface area (TPSA) is 44.1 Å². The molecule has 0 aliphatic rings. The number of carbonyl (C=O) groups excluding carboxylic acids is 1. The fourth-order valence-corrected chi connectivity index (χ4v) is 3.19. The van der Waals surface area contributed by atoms with E-state index >= 15 is 0 Å². The first-order chi connectivity index (χ1) is 11.8. The molecule has 0 fully saturated rings. The zero-order valence-corrected chi connectivity index (χ0v) is 16.6. The van der Waals surface area contributed by atoms with Gasteiger partial charge in [0.2, 0.25) is 5.91 Å². The van der Waals surface area contributed by atoms with Crippen LogP contribution in [0.3, 0.4) is 0 Å². The Kier molecular flexibility index (Phi) is 6.91. The van der Waals surface area contributed by atoms with Crippen molar-refractivity contribution in [1.82, 2.24) is 9.78 Å². The van der Waals surface area contributed by atoms with Gasteiger partial charge in [-0.1, -0.05) is 37.0 Å².